The quantitative estimate of drug-likeness (QED) is 0.496. The zero-order valence-corrected chi connectivity index (χ0v) is 14.6. The first-order chi connectivity index (χ1) is 12.1. The fraction of sp³-hybridized carbons (Fsp3) is 0.263. The molecule has 0 aliphatic heterocycles. The van der Waals surface area contributed by atoms with Crippen LogP contribution in [-0.4, -0.2) is 22.0 Å². The van der Waals surface area contributed by atoms with Crippen LogP contribution < -0.4 is 0 Å². The molecule has 6 nitrogen and oxygen atoms in total. The molecule has 25 heavy (non-hydrogen) atoms. The van der Waals surface area contributed by atoms with Gasteiger partial charge in [-0.3, -0.25) is 4.40 Å². The van der Waals surface area contributed by atoms with E-state index in [1.54, 1.807) is 11.3 Å². The van der Waals surface area contributed by atoms with Crippen LogP contribution in [0, 0.1) is 6.92 Å². The first-order valence-corrected chi connectivity index (χ1v) is 8.29. The van der Waals surface area contributed by atoms with Crippen molar-refractivity contribution in [1.82, 2.24) is 9.38 Å². The maximum atomic E-state index is 12.2. The first-order valence-electron chi connectivity index (χ1n) is 8.29. The molecule has 128 valence electrons. The lowest BCUT2D eigenvalue weighted by Crippen LogP contribution is -2.05. The third-order valence-electron chi connectivity index (χ3n) is 3.89. The normalized spacial score (nSPS) is 11.3. The average molecular weight is 336 g/mol. The highest BCUT2D eigenvalue weighted by molar-refractivity contribution is 5.93. The van der Waals surface area contributed by atoms with Gasteiger partial charge in [0.1, 0.15) is 5.65 Å². The lowest BCUT2D eigenvalue weighted by molar-refractivity contribution is 0.0521. The van der Waals surface area contributed by atoms with Gasteiger partial charge in [-0.05, 0) is 49.6 Å². The van der Waals surface area contributed by atoms with Gasteiger partial charge in [0.15, 0.2) is 11.5 Å². The molecule has 0 aliphatic rings. The molecule has 0 bridgehead atoms. The molecular weight excluding hydrogens is 316 g/mol. The Labute approximate surface area is 146 Å². The van der Waals surface area contributed by atoms with Crippen LogP contribution >= 0.6 is 0 Å². The fourth-order valence-electron chi connectivity index (χ4n) is 2.53. The minimum Gasteiger partial charge on any atom is -0.461 e. The molecule has 2 aromatic heterocycles. The highest BCUT2D eigenvalue weighted by Gasteiger charge is 2.21. The van der Waals surface area contributed by atoms with Gasteiger partial charge in [-0.15, -0.1) is 10.2 Å². The largest absolute Gasteiger partial charge is 0.461 e. The summed E-state index contributed by atoms with van der Waals surface area (Å²) >= 11 is 0. The molecule has 0 aliphatic carbocycles. The molecule has 3 rings (SSSR count). The molecule has 0 amide bonds. The van der Waals surface area contributed by atoms with Gasteiger partial charge < -0.3 is 4.74 Å². The summed E-state index contributed by atoms with van der Waals surface area (Å²) in [5.41, 5.74) is 3.74. The second-order valence-electron chi connectivity index (χ2n) is 5.61. The Balaban J connectivity index is 2.06. The van der Waals surface area contributed by atoms with Crippen molar-refractivity contribution in [1.29, 1.82) is 0 Å². The number of fused-ring (bicyclic) bond motifs is 1. The van der Waals surface area contributed by atoms with E-state index in [2.05, 4.69) is 22.1 Å². The van der Waals surface area contributed by atoms with E-state index in [1.165, 1.54) is 5.56 Å². The minimum absolute atomic E-state index is 0.171. The number of esters is 1. The van der Waals surface area contributed by atoms with Crippen molar-refractivity contribution in [3.63, 3.8) is 0 Å². The van der Waals surface area contributed by atoms with E-state index in [4.69, 9.17) is 4.74 Å². The third kappa shape index (κ3) is 3.42. The number of carbonyl (C=O) groups excluding carboxylic acids is 1. The first kappa shape index (κ1) is 16.8. The number of ether oxygens (including phenoxy) is 1. The van der Waals surface area contributed by atoms with Crippen LogP contribution in [0.3, 0.4) is 0 Å². The topological polar surface area (TPSA) is 68.3 Å². The number of azo groups is 1. The number of rotatable bonds is 5. The van der Waals surface area contributed by atoms with Crippen LogP contribution in [-0.2, 0) is 11.2 Å². The number of hydrogen-bond donors (Lipinski definition) is 0. The molecule has 0 N–H and O–H groups in total. The van der Waals surface area contributed by atoms with E-state index in [0.29, 0.717) is 11.5 Å². The number of hydrogen-bond acceptors (Lipinski definition) is 5. The monoisotopic (exact) mass is 336 g/mol. The molecule has 0 spiro atoms. The number of aryl methyl sites for hydroxylation is 2. The van der Waals surface area contributed by atoms with Gasteiger partial charge in [0.25, 0.3) is 0 Å². The molecule has 2 heterocycles. The summed E-state index contributed by atoms with van der Waals surface area (Å²) in [5.74, 6) is -0.127. The molecule has 0 saturated carbocycles. The van der Waals surface area contributed by atoms with E-state index in [9.17, 15) is 4.79 Å². The number of carbonyl (C=O) groups is 1. The number of nitrogens with zero attached hydrogens (tertiary/aromatic N) is 4. The predicted octanol–water partition coefficient (Wildman–Crippen LogP) is 4.80. The van der Waals surface area contributed by atoms with Crippen molar-refractivity contribution in [2.75, 3.05) is 6.61 Å². The third-order valence-corrected chi connectivity index (χ3v) is 3.89. The summed E-state index contributed by atoms with van der Waals surface area (Å²) in [4.78, 5) is 16.6. The van der Waals surface area contributed by atoms with Crippen molar-refractivity contribution in [2.45, 2.75) is 27.2 Å². The van der Waals surface area contributed by atoms with Crippen molar-refractivity contribution >= 4 is 23.1 Å². The molecule has 1 aromatic carbocycles. The number of aromatic nitrogens is 2. The van der Waals surface area contributed by atoms with Crippen LogP contribution in [0.1, 0.15) is 35.5 Å². The summed E-state index contributed by atoms with van der Waals surface area (Å²) in [7, 11) is 0. The lowest BCUT2D eigenvalue weighted by atomic mass is 10.2. The average Bonchev–Trinajstić information content (AvgIpc) is 3.01. The maximum Gasteiger partial charge on any atom is 0.360 e. The number of imidazole rings is 1. The minimum atomic E-state index is -0.499. The molecule has 0 unspecified atom stereocenters. The van der Waals surface area contributed by atoms with Gasteiger partial charge in [0.2, 0.25) is 0 Å². The second kappa shape index (κ2) is 7.25. The second-order valence-corrected chi connectivity index (χ2v) is 5.61. The van der Waals surface area contributed by atoms with Crippen LogP contribution in [0.4, 0.5) is 11.5 Å². The van der Waals surface area contributed by atoms with Gasteiger partial charge in [0.05, 0.1) is 12.3 Å². The van der Waals surface area contributed by atoms with E-state index in [1.807, 2.05) is 49.5 Å². The van der Waals surface area contributed by atoms with Gasteiger partial charge in [-0.2, -0.15) is 0 Å². The Morgan fingerprint density at radius 3 is 2.60 bits per heavy atom. The van der Waals surface area contributed by atoms with Crippen LogP contribution in [0.5, 0.6) is 0 Å². The van der Waals surface area contributed by atoms with Gasteiger partial charge in [-0.1, -0.05) is 25.1 Å². The Morgan fingerprint density at radius 1 is 1.16 bits per heavy atom. The summed E-state index contributed by atoms with van der Waals surface area (Å²) in [6.07, 6.45) is 2.78. The molecule has 0 radical (unpaired) electrons. The van der Waals surface area contributed by atoms with E-state index < -0.39 is 5.97 Å². The lowest BCUT2D eigenvalue weighted by Gasteiger charge is -2.00. The summed E-state index contributed by atoms with van der Waals surface area (Å²) in [6.45, 7) is 6.07. The number of benzene rings is 1. The molecule has 3 aromatic rings. The van der Waals surface area contributed by atoms with Crippen molar-refractivity contribution in [3.05, 3.63) is 59.4 Å². The predicted molar refractivity (Wildman–Crippen MR) is 95.9 cm³/mol. The Kier molecular flexibility index (Phi) is 4.88. The van der Waals surface area contributed by atoms with Gasteiger partial charge >= 0.3 is 5.97 Å². The van der Waals surface area contributed by atoms with Crippen molar-refractivity contribution in [3.8, 4) is 0 Å². The SMILES string of the molecule is CCOC(=O)c1nc2c(C)cccn2c1N=Nc1ccc(CC)cc1. The Morgan fingerprint density at radius 2 is 1.92 bits per heavy atom. The zero-order chi connectivity index (χ0) is 17.8. The van der Waals surface area contributed by atoms with Gasteiger partial charge in [-0.25, -0.2) is 9.78 Å². The Hall–Kier alpha value is -3.02. The van der Waals surface area contributed by atoms with E-state index in [0.717, 1.165) is 17.7 Å². The molecule has 0 fully saturated rings. The van der Waals surface area contributed by atoms with Crippen molar-refractivity contribution in [2.24, 2.45) is 10.2 Å². The number of pyridine rings is 1. The van der Waals surface area contributed by atoms with Crippen molar-refractivity contribution < 1.29 is 9.53 Å². The molecular formula is C19H20N4O2. The smallest absolute Gasteiger partial charge is 0.360 e. The highest BCUT2D eigenvalue weighted by Crippen LogP contribution is 2.26. The van der Waals surface area contributed by atoms with E-state index in [-0.39, 0.29) is 12.3 Å². The standard InChI is InChI=1S/C19H20N4O2/c1-4-14-8-10-15(11-9-14)21-22-18-16(19(24)25-5-2)20-17-13(3)7-6-12-23(17)18/h6-12H,4-5H2,1-3H3. The Bertz CT molecular complexity index is 926. The van der Waals surface area contributed by atoms with Crippen LogP contribution in [0.2, 0.25) is 0 Å². The molecule has 0 saturated heterocycles. The summed E-state index contributed by atoms with van der Waals surface area (Å²) in [5, 5.41) is 8.55. The summed E-state index contributed by atoms with van der Waals surface area (Å²) < 4.78 is 6.86. The maximum absolute atomic E-state index is 12.2. The fourth-order valence-corrected chi connectivity index (χ4v) is 2.53. The van der Waals surface area contributed by atoms with E-state index >= 15 is 0 Å². The van der Waals surface area contributed by atoms with Crippen LogP contribution in [0.25, 0.3) is 5.65 Å². The van der Waals surface area contributed by atoms with Crippen LogP contribution in [0.15, 0.2) is 52.8 Å². The van der Waals surface area contributed by atoms with Gasteiger partial charge in [0, 0.05) is 6.20 Å². The molecule has 0 atom stereocenters. The summed E-state index contributed by atoms with van der Waals surface area (Å²) in [6, 6.07) is 11.6. The zero-order valence-electron chi connectivity index (χ0n) is 14.6. The highest BCUT2D eigenvalue weighted by atomic mass is 16.5. The molecule has 6 heteroatoms.